The van der Waals surface area contributed by atoms with Gasteiger partial charge in [-0.3, -0.25) is 4.79 Å². The second-order valence-corrected chi connectivity index (χ2v) is 11.1. The molecule has 0 radical (unpaired) electrons. The summed E-state index contributed by atoms with van der Waals surface area (Å²) in [5.41, 5.74) is 3.03. The van der Waals surface area contributed by atoms with Crippen LogP contribution in [0, 0.1) is 9.39 Å². The van der Waals surface area contributed by atoms with E-state index in [9.17, 15) is 9.18 Å². The molecule has 6 nitrogen and oxygen atoms in total. The van der Waals surface area contributed by atoms with E-state index in [2.05, 4.69) is 27.9 Å². The lowest BCUT2D eigenvalue weighted by molar-refractivity contribution is 0.0948. The highest BCUT2D eigenvalue weighted by Crippen LogP contribution is 2.40. The van der Waals surface area contributed by atoms with Crippen LogP contribution in [0.5, 0.6) is 11.5 Å². The van der Waals surface area contributed by atoms with Crippen molar-refractivity contribution in [1.82, 2.24) is 5.32 Å². The van der Waals surface area contributed by atoms with Gasteiger partial charge >= 0.3 is 0 Å². The van der Waals surface area contributed by atoms with Crippen LogP contribution in [0.3, 0.4) is 0 Å². The molecule has 0 aliphatic heterocycles. The maximum Gasteiger partial charge on any atom is 0.255 e. The van der Waals surface area contributed by atoms with Crippen LogP contribution < -0.4 is 14.8 Å². The first-order valence-corrected chi connectivity index (χ1v) is 14.2. The van der Waals surface area contributed by atoms with Crippen molar-refractivity contribution in [2.75, 3.05) is 7.11 Å². The van der Waals surface area contributed by atoms with Gasteiger partial charge in [0.05, 0.1) is 29.1 Å². The molecule has 196 valence electrons. The highest BCUT2D eigenvalue weighted by atomic mass is 127. The summed E-state index contributed by atoms with van der Waals surface area (Å²) in [6.45, 7) is 0.410. The van der Waals surface area contributed by atoms with Gasteiger partial charge in [-0.1, -0.05) is 18.2 Å². The van der Waals surface area contributed by atoms with Crippen molar-refractivity contribution in [1.29, 1.82) is 0 Å². The fourth-order valence-corrected chi connectivity index (χ4v) is 6.41. The van der Waals surface area contributed by atoms with Crippen LogP contribution in [-0.4, -0.2) is 19.2 Å². The molecule has 0 bridgehead atoms. The largest absolute Gasteiger partial charge is 0.493 e. The first-order valence-electron chi connectivity index (χ1n) is 12.3. The lowest BCUT2D eigenvalue weighted by Crippen LogP contribution is -2.23. The Bertz CT molecular complexity index is 1470. The van der Waals surface area contributed by atoms with E-state index in [1.165, 1.54) is 10.9 Å². The van der Waals surface area contributed by atoms with Gasteiger partial charge in [-0.2, -0.15) is 0 Å². The van der Waals surface area contributed by atoms with Gasteiger partial charge in [0.15, 0.2) is 11.5 Å². The summed E-state index contributed by atoms with van der Waals surface area (Å²) < 4.78 is 31.7. The average molecular weight is 645 g/mol. The molecule has 1 N–H and O–H groups in total. The standard InChI is InChI=1S/C29H26FIN2O4S/c1-35-24-14-18(13-23(31)27(24)37-17-19-7-2-4-10-22(19)30)15-33-29-26(21-9-3-5-11-25(21)38-29)28(34)32-16-20-8-6-12-36-20/h2,4,6-8,10,12-15H,3,5,9,11,16-17H2,1H3,(H,32,34). The van der Waals surface area contributed by atoms with Gasteiger partial charge in [-0.25, -0.2) is 9.38 Å². The summed E-state index contributed by atoms with van der Waals surface area (Å²) in [6.07, 6.45) is 7.36. The molecule has 1 aliphatic carbocycles. The summed E-state index contributed by atoms with van der Waals surface area (Å²) in [5.74, 6) is 1.31. The van der Waals surface area contributed by atoms with Crippen molar-refractivity contribution in [2.24, 2.45) is 4.99 Å². The molecule has 1 aliphatic rings. The first-order chi connectivity index (χ1) is 18.5. The molecule has 0 saturated heterocycles. The normalized spacial score (nSPS) is 12.9. The number of furan rings is 1. The van der Waals surface area contributed by atoms with E-state index < -0.39 is 0 Å². The van der Waals surface area contributed by atoms with E-state index in [-0.39, 0.29) is 18.3 Å². The lowest BCUT2D eigenvalue weighted by Gasteiger charge is -2.14. The molecule has 0 unspecified atom stereocenters. The van der Waals surface area contributed by atoms with Crippen LogP contribution in [0.15, 0.2) is 64.2 Å². The number of hydrogen-bond donors (Lipinski definition) is 1. The molecule has 1 amide bonds. The third kappa shape index (κ3) is 5.94. The minimum Gasteiger partial charge on any atom is -0.493 e. The molecular weight excluding hydrogens is 618 g/mol. The summed E-state index contributed by atoms with van der Waals surface area (Å²) in [4.78, 5) is 19.2. The van der Waals surface area contributed by atoms with Crippen molar-refractivity contribution < 1.29 is 23.1 Å². The van der Waals surface area contributed by atoms with Gasteiger partial charge in [0, 0.05) is 16.7 Å². The van der Waals surface area contributed by atoms with E-state index >= 15 is 0 Å². The second kappa shape index (κ2) is 12.1. The molecular formula is C29H26FIN2O4S. The molecule has 9 heteroatoms. The summed E-state index contributed by atoms with van der Waals surface area (Å²) in [5, 5.41) is 3.68. The van der Waals surface area contributed by atoms with Gasteiger partial charge in [0.25, 0.3) is 5.91 Å². The Morgan fingerprint density at radius 1 is 1.21 bits per heavy atom. The molecule has 4 aromatic rings. The average Bonchev–Trinajstić information content (AvgIpc) is 3.58. The minimum atomic E-state index is -0.312. The predicted molar refractivity (Wildman–Crippen MR) is 155 cm³/mol. The van der Waals surface area contributed by atoms with Crippen molar-refractivity contribution in [3.8, 4) is 11.5 Å². The number of aryl methyl sites for hydroxylation is 1. The zero-order valence-corrected chi connectivity index (χ0v) is 23.7. The number of methoxy groups -OCH3 is 1. The van der Waals surface area contributed by atoms with Crippen molar-refractivity contribution in [3.05, 3.63) is 97.1 Å². The van der Waals surface area contributed by atoms with Gasteiger partial charge in [-0.05, 0) is 89.7 Å². The number of amides is 1. The topological polar surface area (TPSA) is 73.1 Å². The fourth-order valence-electron chi connectivity index (χ4n) is 4.40. The predicted octanol–water partition coefficient (Wildman–Crippen LogP) is 7.23. The Labute approximate surface area is 238 Å². The number of fused-ring (bicyclic) bond motifs is 1. The zero-order chi connectivity index (χ0) is 26.5. The van der Waals surface area contributed by atoms with E-state index in [0.717, 1.165) is 40.4 Å². The third-order valence-corrected chi connectivity index (χ3v) is 8.30. The smallest absolute Gasteiger partial charge is 0.255 e. The lowest BCUT2D eigenvalue weighted by atomic mass is 9.95. The summed E-state index contributed by atoms with van der Waals surface area (Å²) in [7, 11) is 1.57. The Morgan fingerprint density at radius 2 is 2.05 bits per heavy atom. The number of nitrogens with one attached hydrogen (secondary N) is 1. The Balaban J connectivity index is 1.38. The number of benzene rings is 2. The number of ether oxygens (including phenoxy) is 2. The molecule has 5 rings (SSSR count). The van der Waals surface area contributed by atoms with Gasteiger partial charge < -0.3 is 19.2 Å². The second-order valence-electron chi connectivity index (χ2n) is 8.83. The van der Waals surface area contributed by atoms with Crippen LogP contribution in [0.1, 0.15) is 50.5 Å². The summed E-state index contributed by atoms with van der Waals surface area (Å²) >= 11 is 3.75. The number of rotatable bonds is 9. The zero-order valence-electron chi connectivity index (χ0n) is 20.8. The Morgan fingerprint density at radius 3 is 2.84 bits per heavy atom. The third-order valence-electron chi connectivity index (χ3n) is 6.30. The number of aliphatic imine (C=N–C) groups is 1. The maximum atomic E-state index is 14.0. The SMILES string of the molecule is COc1cc(C=Nc2sc3c(c2C(=O)NCc2ccco2)CCCC3)cc(I)c1OCc1ccccc1F. The molecule has 2 aromatic heterocycles. The van der Waals surface area contributed by atoms with Crippen LogP contribution in [0.2, 0.25) is 0 Å². The van der Waals surface area contributed by atoms with Crippen molar-refractivity contribution in [3.63, 3.8) is 0 Å². The number of nitrogens with zero attached hydrogens (tertiary/aromatic N) is 1. The molecule has 38 heavy (non-hydrogen) atoms. The van der Waals surface area contributed by atoms with Crippen LogP contribution in [0.4, 0.5) is 9.39 Å². The van der Waals surface area contributed by atoms with Crippen molar-refractivity contribution >= 4 is 51.1 Å². The number of thiophene rings is 1. The summed E-state index contributed by atoms with van der Waals surface area (Å²) in [6, 6.07) is 13.9. The first kappa shape index (κ1) is 26.4. The van der Waals surface area contributed by atoms with E-state index in [1.54, 1.807) is 55.2 Å². The van der Waals surface area contributed by atoms with Crippen LogP contribution >= 0.6 is 33.9 Å². The van der Waals surface area contributed by atoms with Crippen LogP contribution in [-0.2, 0) is 26.0 Å². The molecule has 0 fully saturated rings. The molecule has 2 aromatic carbocycles. The molecule has 0 spiro atoms. The maximum absolute atomic E-state index is 14.0. The Kier molecular flexibility index (Phi) is 8.43. The van der Waals surface area contributed by atoms with Crippen molar-refractivity contribution in [2.45, 2.75) is 38.8 Å². The van der Waals surface area contributed by atoms with Gasteiger partial charge in [-0.15, -0.1) is 11.3 Å². The van der Waals surface area contributed by atoms with Gasteiger partial charge in [0.1, 0.15) is 23.2 Å². The highest BCUT2D eigenvalue weighted by molar-refractivity contribution is 14.1. The number of carbonyl (C=O) groups is 1. The molecule has 0 saturated carbocycles. The van der Waals surface area contributed by atoms with Crippen LogP contribution in [0.25, 0.3) is 0 Å². The molecule has 0 atom stereocenters. The van der Waals surface area contributed by atoms with E-state index in [1.807, 2.05) is 18.2 Å². The number of halogens is 2. The molecule has 2 heterocycles. The van der Waals surface area contributed by atoms with E-state index in [0.29, 0.717) is 39.9 Å². The quantitative estimate of drug-likeness (QED) is 0.154. The minimum absolute atomic E-state index is 0.0870. The van der Waals surface area contributed by atoms with E-state index in [4.69, 9.17) is 18.9 Å². The monoisotopic (exact) mass is 644 g/mol. The fraction of sp³-hybridized carbons (Fsp3) is 0.241. The number of carbonyl (C=O) groups excluding carboxylic acids is 1. The Hall–Kier alpha value is -3.18. The van der Waals surface area contributed by atoms with Gasteiger partial charge in [0.2, 0.25) is 0 Å². The number of hydrogen-bond acceptors (Lipinski definition) is 6. The highest BCUT2D eigenvalue weighted by Gasteiger charge is 2.25.